The number of rotatable bonds is 5. The third kappa shape index (κ3) is 4.09. The average Bonchev–Trinajstić information content (AvgIpc) is 3.39. The van der Waals surface area contributed by atoms with Crippen molar-refractivity contribution in [2.75, 3.05) is 13.2 Å². The molecule has 33 heavy (non-hydrogen) atoms. The van der Waals surface area contributed by atoms with E-state index in [2.05, 4.69) is 12.1 Å². The van der Waals surface area contributed by atoms with Crippen LogP contribution in [0.1, 0.15) is 29.0 Å². The van der Waals surface area contributed by atoms with E-state index in [1.165, 1.54) is 17.0 Å². The molecule has 1 saturated heterocycles. The van der Waals surface area contributed by atoms with Crippen LogP contribution in [0.3, 0.4) is 0 Å². The van der Waals surface area contributed by atoms with Gasteiger partial charge in [0.15, 0.2) is 0 Å². The van der Waals surface area contributed by atoms with E-state index in [0.717, 1.165) is 27.8 Å². The molecule has 2 aliphatic rings. The van der Waals surface area contributed by atoms with E-state index in [1.54, 1.807) is 12.1 Å². The minimum atomic E-state index is -1.04. The molecule has 0 unspecified atom stereocenters. The lowest BCUT2D eigenvalue weighted by atomic mass is 9.97. The molecular formula is C27H24FNO4. The first-order valence-corrected chi connectivity index (χ1v) is 11.1. The van der Waals surface area contributed by atoms with E-state index in [-0.39, 0.29) is 24.3 Å². The van der Waals surface area contributed by atoms with Crippen molar-refractivity contribution in [1.29, 1.82) is 0 Å². The van der Waals surface area contributed by atoms with Gasteiger partial charge in [0.05, 0.1) is 0 Å². The van der Waals surface area contributed by atoms with E-state index in [1.807, 2.05) is 36.4 Å². The summed E-state index contributed by atoms with van der Waals surface area (Å²) in [7, 11) is 0. The fourth-order valence-corrected chi connectivity index (χ4v) is 5.14. The fourth-order valence-electron chi connectivity index (χ4n) is 5.14. The van der Waals surface area contributed by atoms with Gasteiger partial charge in [-0.2, -0.15) is 0 Å². The normalized spacial score (nSPS) is 19.2. The molecule has 0 radical (unpaired) electrons. The summed E-state index contributed by atoms with van der Waals surface area (Å²) in [6, 6.07) is 21.4. The zero-order valence-corrected chi connectivity index (χ0v) is 18.0. The van der Waals surface area contributed by atoms with E-state index in [4.69, 9.17) is 4.74 Å². The van der Waals surface area contributed by atoms with E-state index >= 15 is 0 Å². The van der Waals surface area contributed by atoms with E-state index < -0.39 is 18.1 Å². The Morgan fingerprint density at radius 3 is 2.15 bits per heavy atom. The van der Waals surface area contributed by atoms with Gasteiger partial charge in [-0.1, -0.05) is 60.7 Å². The lowest BCUT2D eigenvalue weighted by molar-refractivity contribution is -0.141. The van der Waals surface area contributed by atoms with Crippen molar-refractivity contribution in [3.05, 3.63) is 95.3 Å². The second-order valence-corrected chi connectivity index (χ2v) is 8.74. The van der Waals surface area contributed by atoms with Crippen LogP contribution in [0.25, 0.3) is 11.1 Å². The molecule has 5 rings (SSSR count). The predicted octanol–water partition coefficient (Wildman–Crippen LogP) is 5.09. The predicted molar refractivity (Wildman–Crippen MR) is 121 cm³/mol. The average molecular weight is 445 g/mol. The number of aliphatic carboxylic acids is 1. The Kier molecular flexibility index (Phi) is 5.58. The molecule has 6 heteroatoms. The zero-order valence-electron chi connectivity index (χ0n) is 18.0. The molecule has 1 aliphatic heterocycles. The summed E-state index contributed by atoms with van der Waals surface area (Å²) in [5.74, 6) is -1.46. The van der Waals surface area contributed by atoms with Gasteiger partial charge in [0.1, 0.15) is 18.5 Å². The number of hydrogen-bond donors (Lipinski definition) is 1. The topological polar surface area (TPSA) is 66.8 Å². The smallest absolute Gasteiger partial charge is 0.410 e. The summed E-state index contributed by atoms with van der Waals surface area (Å²) in [6.07, 6.45) is 0.319. The molecule has 1 fully saturated rings. The Labute approximate surface area is 191 Å². The van der Waals surface area contributed by atoms with Crippen molar-refractivity contribution < 1.29 is 23.8 Å². The first-order chi connectivity index (χ1) is 16.0. The molecule has 0 saturated carbocycles. The third-order valence-electron chi connectivity index (χ3n) is 6.68. The monoisotopic (exact) mass is 445 g/mol. The highest BCUT2D eigenvalue weighted by Gasteiger charge is 2.41. The minimum Gasteiger partial charge on any atom is -0.480 e. The van der Waals surface area contributed by atoms with Crippen LogP contribution in [-0.2, 0) is 16.0 Å². The summed E-state index contributed by atoms with van der Waals surface area (Å²) >= 11 is 0. The molecule has 1 amide bonds. The van der Waals surface area contributed by atoms with Crippen molar-refractivity contribution in [1.82, 2.24) is 4.90 Å². The molecule has 1 heterocycles. The molecule has 5 nitrogen and oxygen atoms in total. The van der Waals surface area contributed by atoms with Gasteiger partial charge in [0.2, 0.25) is 0 Å². The Morgan fingerprint density at radius 1 is 0.939 bits per heavy atom. The van der Waals surface area contributed by atoms with Gasteiger partial charge in [0.25, 0.3) is 0 Å². The summed E-state index contributed by atoms with van der Waals surface area (Å²) in [6.45, 7) is 0.448. The summed E-state index contributed by atoms with van der Waals surface area (Å²) < 4.78 is 18.9. The largest absolute Gasteiger partial charge is 0.480 e. The Bertz CT molecular complexity index is 1150. The van der Waals surface area contributed by atoms with Crippen LogP contribution < -0.4 is 0 Å². The molecule has 3 aromatic rings. The Morgan fingerprint density at radius 2 is 1.55 bits per heavy atom. The first kappa shape index (κ1) is 21.2. The molecule has 2 atom stereocenters. The first-order valence-electron chi connectivity index (χ1n) is 11.1. The van der Waals surface area contributed by atoms with Gasteiger partial charge in [-0.15, -0.1) is 0 Å². The van der Waals surface area contributed by atoms with Crippen molar-refractivity contribution in [2.24, 2.45) is 5.92 Å². The number of halogens is 1. The highest BCUT2D eigenvalue weighted by atomic mass is 19.1. The Balaban J connectivity index is 1.29. The maximum atomic E-state index is 13.2. The molecule has 1 aliphatic carbocycles. The summed E-state index contributed by atoms with van der Waals surface area (Å²) in [4.78, 5) is 26.1. The standard InChI is InChI=1S/C27H24FNO4/c28-19-11-9-17(10-12-19)13-18-14-25(26(30)31)29(15-18)27(32)33-16-24-22-7-3-1-5-20(22)21-6-2-4-8-23(21)24/h1-12,18,24-25H,13-16H2,(H,30,31)/t18-,25+/m1/s1. The van der Waals surface area contributed by atoms with Crippen molar-refractivity contribution in [3.63, 3.8) is 0 Å². The summed E-state index contributed by atoms with van der Waals surface area (Å²) in [5.41, 5.74) is 5.41. The molecule has 3 aromatic carbocycles. The van der Waals surface area contributed by atoms with Crippen LogP contribution in [0.2, 0.25) is 0 Å². The number of nitrogens with zero attached hydrogens (tertiary/aromatic N) is 1. The Hall–Kier alpha value is -3.67. The van der Waals surface area contributed by atoms with Gasteiger partial charge < -0.3 is 9.84 Å². The van der Waals surface area contributed by atoms with Crippen LogP contribution in [-0.4, -0.2) is 41.3 Å². The van der Waals surface area contributed by atoms with E-state index in [9.17, 15) is 19.1 Å². The fraction of sp³-hybridized carbons (Fsp3) is 0.259. The number of ether oxygens (including phenoxy) is 1. The number of benzene rings is 3. The number of likely N-dealkylation sites (tertiary alicyclic amines) is 1. The number of amides is 1. The van der Waals surface area contributed by atoms with Gasteiger partial charge in [-0.05, 0) is 58.7 Å². The van der Waals surface area contributed by atoms with Crippen LogP contribution >= 0.6 is 0 Å². The van der Waals surface area contributed by atoms with Gasteiger partial charge >= 0.3 is 12.1 Å². The number of fused-ring (bicyclic) bond motifs is 3. The van der Waals surface area contributed by atoms with E-state index in [0.29, 0.717) is 19.4 Å². The second-order valence-electron chi connectivity index (χ2n) is 8.74. The molecule has 0 bridgehead atoms. The van der Waals surface area contributed by atoms with Crippen LogP contribution in [0, 0.1) is 11.7 Å². The van der Waals surface area contributed by atoms with Crippen LogP contribution in [0.4, 0.5) is 9.18 Å². The van der Waals surface area contributed by atoms with Crippen LogP contribution in [0.15, 0.2) is 72.8 Å². The van der Waals surface area contributed by atoms with Gasteiger partial charge in [-0.25, -0.2) is 14.0 Å². The lowest BCUT2D eigenvalue weighted by Crippen LogP contribution is -2.41. The maximum absolute atomic E-state index is 13.2. The third-order valence-corrected chi connectivity index (χ3v) is 6.68. The number of hydrogen-bond acceptors (Lipinski definition) is 3. The number of carbonyl (C=O) groups excluding carboxylic acids is 1. The van der Waals surface area contributed by atoms with Crippen molar-refractivity contribution in [3.8, 4) is 11.1 Å². The highest BCUT2D eigenvalue weighted by Crippen LogP contribution is 2.44. The summed E-state index contributed by atoms with van der Waals surface area (Å²) in [5, 5.41) is 9.69. The van der Waals surface area contributed by atoms with Gasteiger partial charge in [0, 0.05) is 12.5 Å². The zero-order chi connectivity index (χ0) is 22.9. The molecule has 168 valence electrons. The van der Waals surface area contributed by atoms with Gasteiger partial charge in [-0.3, -0.25) is 4.90 Å². The number of carboxylic acid groups (broad SMARTS) is 1. The number of carboxylic acids is 1. The number of carbonyl (C=O) groups is 2. The maximum Gasteiger partial charge on any atom is 0.410 e. The van der Waals surface area contributed by atoms with Crippen LogP contribution in [0.5, 0.6) is 0 Å². The SMILES string of the molecule is O=C(O)[C@@H]1C[C@@H](Cc2ccc(F)cc2)CN1C(=O)OCC1c2ccccc2-c2ccccc21. The lowest BCUT2D eigenvalue weighted by Gasteiger charge is -2.22. The minimum absolute atomic E-state index is 0.0305. The molecule has 1 N–H and O–H groups in total. The molecule has 0 aromatic heterocycles. The van der Waals surface area contributed by atoms with Crippen molar-refractivity contribution in [2.45, 2.75) is 24.8 Å². The second kappa shape index (κ2) is 8.70. The quantitative estimate of drug-likeness (QED) is 0.594. The van der Waals surface area contributed by atoms with Crippen molar-refractivity contribution >= 4 is 12.1 Å². The highest BCUT2D eigenvalue weighted by molar-refractivity contribution is 5.81. The molecule has 0 spiro atoms. The molecular weight excluding hydrogens is 421 g/mol.